The zero-order valence-corrected chi connectivity index (χ0v) is 17.7. The van der Waals surface area contributed by atoms with Gasteiger partial charge in [-0.3, -0.25) is 19.2 Å². The molecule has 0 aromatic carbocycles. The first-order chi connectivity index (χ1) is 13.6. The fourth-order valence-electron chi connectivity index (χ4n) is 2.37. The predicted molar refractivity (Wildman–Crippen MR) is 109 cm³/mol. The minimum absolute atomic E-state index is 0.222. The van der Waals surface area contributed by atoms with Crippen LogP contribution in [-0.2, 0) is 24.0 Å². The number of hydrogen-bond acceptors (Lipinski definition) is 7. The van der Waals surface area contributed by atoms with E-state index in [2.05, 4.69) is 16.0 Å². The van der Waals surface area contributed by atoms with E-state index < -0.39 is 60.7 Å². The summed E-state index contributed by atoms with van der Waals surface area (Å²) in [5.41, 5.74) is 10.3. The number of nitrogens with one attached hydrogen (secondary N) is 3. The summed E-state index contributed by atoms with van der Waals surface area (Å²) in [6.45, 7) is 3.12. The summed E-state index contributed by atoms with van der Waals surface area (Å²) in [6.07, 6.45) is 2.08. The van der Waals surface area contributed by atoms with E-state index in [1.165, 1.54) is 11.8 Å². The van der Waals surface area contributed by atoms with Gasteiger partial charge in [0.25, 0.3) is 0 Å². The molecule has 0 bridgehead atoms. The average molecular weight is 434 g/mol. The fourth-order valence-corrected chi connectivity index (χ4v) is 2.85. The van der Waals surface area contributed by atoms with E-state index in [-0.39, 0.29) is 12.3 Å². The lowest BCUT2D eigenvalue weighted by atomic mass is 9.97. The number of primary amides is 1. The Labute approximate surface area is 174 Å². The number of carboxylic acids is 1. The van der Waals surface area contributed by atoms with Crippen LogP contribution in [0.25, 0.3) is 0 Å². The summed E-state index contributed by atoms with van der Waals surface area (Å²) in [5.74, 6) is -3.93. The number of nitrogens with two attached hydrogens (primary N) is 2. The smallest absolute Gasteiger partial charge is 0.326 e. The lowest BCUT2D eigenvalue weighted by molar-refractivity contribution is -0.142. The van der Waals surface area contributed by atoms with Crippen molar-refractivity contribution in [3.63, 3.8) is 0 Å². The Hall–Kier alpha value is -2.34. The molecule has 0 saturated carbocycles. The Morgan fingerprint density at radius 3 is 2.10 bits per heavy atom. The number of carbonyl (C=O) groups excluding carboxylic acids is 4. The van der Waals surface area contributed by atoms with Gasteiger partial charge in [-0.15, -0.1) is 0 Å². The van der Waals surface area contributed by atoms with Gasteiger partial charge in [-0.2, -0.15) is 11.8 Å². The molecule has 4 amide bonds. The maximum Gasteiger partial charge on any atom is 0.326 e. The summed E-state index contributed by atoms with van der Waals surface area (Å²) in [4.78, 5) is 59.4. The van der Waals surface area contributed by atoms with Gasteiger partial charge in [0.1, 0.15) is 18.1 Å². The molecule has 11 nitrogen and oxygen atoms in total. The predicted octanol–water partition coefficient (Wildman–Crippen LogP) is -1.84. The quantitative estimate of drug-likeness (QED) is 0.184. The first-order valence-corrected chi connectivity index (χ1v) is 10.6. The molecule has 4 unspecified atom stereocenters. The van der Waals surface area contributed by atoms with E-state index in [1.54, 1.807) is 13.8 Å². The van der Waals surface area contributed by atoms with Crippen molar-refractivity contribution in [3.05, 3.63) is 0 Å². The van der Waals surface area contributed by atoms with Crippen LogP contribution in [0.15, 0.2) is 0 Å². The van der Waals surface area contributed by atoms with Crippen molar-refractivity contribution in [2.75, 3.05) is 18.6 Å². The van der Waals surface area contributed by atoms with Crippen LogP contribution in [0.4, 0.5) is 0 Å². The molecule has 0 aliphatic heterocycles. The molecule has 0 saturated heterocycles. The van der Waals surface area contributed by atoms with Gasteiger partial charge in [-0.1, -0.05) is 20.3 Å². The summed E-state index contributed by atoms with van der Waals surface area (Å²) in [5, 5.41) is 16.5. The average Bonchev–Trinajstić information content (AvgIpc) is 2.66. The van der Waals surface area contributed by atoms with Crippen LogP contribution >= 0.6 is 11.8 Å². The fraction of sp³-hybridized carbons (Fsp3) is 0.706. The molecule has 0 aliphatic carbocycles. The summed E-state index contributed by atoms with van der Waals surface area (Å²) >= 11 is 1.44. The van der Waals surface area contributed by atoms with Gasteiger partial charge in [-0.05, 0) is 24.3 Å². The Morgan fingerprint density at radius 1 is 1.03 bits per heavy atom. The van der Waals surface area contributed by atoms with E-state index >= 15 is 0 Å². The molecule has 0 spiro atoms. The summed E-state index contributed by atoms with van der Waals surface area (Å²) in [7, 11) is 0. The van der Waals surface area contributed by atoms with Crippen molar-refractivity contribution in [2.45, 2.75) is 51.2 Å². The van der Waals surface area contributed by atoms with Gasteiger partial charge in [0.05, 0.1) is 13.0 Å². The summed E-state index contributed by atoms with van der Waals surface area (Å²) < 4.78 is 0. The molecule has 29 heavy (non-hydrogen) atoms. The Morgan fingerprint density at radius 2 is 1.66 bits per heavy atom. The first-order valence-electron chi connectivity index (χ1n) is 9.17. The van der Waals surface area contributed by atoms with Crippen molar-refractivity contribution < 1.29 is 29.1 Å². The number of rotatable bonds is 14. The highest BCUT2D eigenvalue weighted by Crippen LogP contribution is 2.10. The number of amides is 4. The third kappa shape index (κ3) is 10.1. The molecule has 4 atom stereocenters. The highest BCUT2D eigenvalue weighted by molar-refractivity contribution is 7.98. The third-order valence-electron chi connectivity index (χ3n) is 4.26. The second-order valence-corrected chi connectivity index (χ2v) is 7.53. The Bertz CT molecular complexity index is 603. The lowest BCUT2D eigenvalue weighted by Crippen LogP contribution is -2.58. The normalized spacial score (nSPS) is 14.8. The third-order valence-corrected chi connectivity index (χ3v) is 4.90. The van der Waals surface area contributed by atoms with Gasteiger partial charge < -0.3 is 32.5 Å². The van der Waals surface area contributed by atoms with E-state index in [9.17, 15) is 29.1 Å². The molecular weight excluding hydrogens is 402 g/mol. The zero-order valence-electron chi connectivity index (χ0n) is 16.9. The van der Waals surface area contributed by atoms with E-state index in [4.69, 9.17) is 11.5 Å². The molecule has 8 N–H and O–H groups in total. The SMILES string of the molecule is CCC(C)C(NC(=O)C(CC(N)=O)NC(=O)CN)C(=O)NC(CCSC)C(=O)O. The molecule has 0 radical (unpaired) electrons. The zero-order chi connectivity index (χ0) is 22.6. The Balaban J connectivity index is 5.39. The van der Waals surface area contributed by atoms with E-state index in [1.807, 2.05) is 6.26 Å². The minimum atomic E-state index is -1.30. The van der Waals surface area contributed by atoms with Crippen molar-refractivity contribution >= 4 is 41.4 Å². The second-order valence-electron chi connectivity index (χ2n) is 6.55. The number of carboxylic acid groups (broad SMARTS) is 1. The van der Waals surface area contributed by atoms with E-state index in [0.29, 0.717) is 12.2 Å². The lowest BCUT2D eigenvalue weighted by Gasteiger charge is -2.27. The first kappa shape index (κ1) is 26.7. The molecule has 166 valence electrons. The summed E-state index contributed by atoms with van der Waals surface area (Å²) in [6, 6.07) is -3.46. The van der Waals surface area contributed by atoms with Crippen LogP contribution in [0.1, 0.15) is 33.1 Å². The number of aliphatic carboxylic acids is 1. The largest absolute Gasteiger partial charge is 0.480 e. The van der Waals surface area contributed by atoms with Crippen molar-refractivity contribution in [2.24, 2.45) is 17.4 Å². The molecule has 0 rings (SSSR count). The maximum atomic E-state index is 12.7. The van der Waals surface area contributed by atoms with Crippen molar-refractivity contribution in [3.8, 4) is 0 Å². The van der Waals surface area contributed by atoms with Gasteiger partial charge in [-0.25, -0.2) is 4.79 Å². The molecule has 0 heterocycles. The minimum Gasteiger partial charge on any atom is -0.480 e. The van der Waals surface area contributed by atoms with Crippen LogP contribution in [0.3, 0.4) is 0 Å². The standard InChI is InChI=1S/C17H31N5O6S/c1-4-9(2)14(16(26)21-10(17(27)28)5-6-29-3)22-15(25)11(7-12(19)23)20-13(24)8-18/h9-11,14H,4-8,18H2,1-3H3,(H2,19,23)(H,20,24)(H,21,26)(H,22,25)(H,27,28). The Kier molecular flexibility index (Phi) is 12.7. The molecule has 0 aliphatic rings. The van der Waals surface area contributed by atoms with Crippen molar-refractivity contribution in [1.82, 2.24) is 16.0 Å². The van der Waals surface area contributed by atoms with Crippen LogP contribution in [0, 0.1) is 5.92 Å². The van der Waals surface area contributed by atoms with E-state index in [0.717, 1.165) is 0 Å². The topological polar surface area (TPSA) is 194 Å². The van der Waals surface area contributed by atoms with Gasteiger partial charge in [0, 0.05) is 0 Å². The molecule has 0 fully saturated rings. The molecular formula is C17H31N5O6S. The second kappa shape index (κ2) is 13.8. The maximum absolute atomic E-state index is 12.7. The van der Waals surface area contributed by atoms with Crippen LogP contribution in [-0.4, -0.2) is 71.4 Å². The monoisotopic (exact) mass is 433 g/mol. The highest BCUT2D eigenvalue weighted by Gasteiger charge is 2.32. The highest BCUT2D eigenvalue weighted by atomic mass is 32.2. The molecule has 0 aromatic heterocycles. The molecule has 0 aromatic rings. The van der Waals surface area contributed by atoms with Crippen LogP contribution in [0.2, 0.25) is 0 Å². The number of thioether (sulfide) groups is 1. The molecule has 12 heteroatoms. The number of hydrogen-bond donors (Lipinski definition) is 6. The number of carbonyl (C=O) groups is 5. The van der Waals surface area contributed by atoms with Crippen LogP contribution in [0.5, 0.6) is 0 Å². The van der Waals surface area contributed by atoms with Gasteiger partial charge >= 0.3 is 5.97 Å². The van der Waals surface area contributed by atoms with Crippen molar-refractivity contribution in [1.29, 1.82) is 0 Å². The van der Waals surface area contributed by atoms with Gasteiger partial charge in [0.2, 0.25) is 23.6 Å². The van der Waals surface area contributed by atoms with Gasteiger partial charge in [0.15, 0.2) is 0 Å². The van der Waals surface area contributed by atoms with Crippen LogP contribution < -0.4 is 27.4 Å².